The lowest BCUT2D eigenvalue weighted by Crippen LogP contribution is -2.52. The van der Waals surface area contributed by atoms with Gasteiger partial charge >= 0.3 is 0 Å². The van der Waals surface area contributed by atoms with Crippen LogP contribution in [-0.4, -0.2) is 57.1 Å². The molecule has 1 fully saturated rings. The summed E-state index contributed by atoms with van der Waals surface area (Å²) in [6.45, 7) is 3.01. The van der Waals surface area contributed by atoms with Crippen molar-refractivity contribution in [2.24, 2.45) is 0 Å². The van der Waals surface area contributed by atoms with E-state index in [1.807, 2.05) is 6.07 Å². The highest BCUT2D eigenvalue weighted by Crippen LogP contribution is 2.28. The molecule has 2 amide bonds. The van der Waals surface area contributed by atoms with Crippen LogP contribution in [0.25, 0.3) is 0 Å². The van der Waals surface area contributed by atoms with Crippen molar-refractivity contribution >= 4 is 39.1 Å². The second kappa shape index (κ2) is 12.0. The molecule has 1 unspecified atom stereocenters. The number of methoxy groups -OCH3 is 1. The largest absolute Gasteiger partial charge is 0.497 e. The molecule has 2 aromatic carbocycles. The summed E-state index contributed by atoms with van der Waals surface area (Å²) in [5.41, 5.74) is 1.62. The summed E-state index contributed by atoms with van der Waals surface area (Å²) >= 11 is 6.23. The van der Waals surface area contributed by atoms with E-state index < -0.39 is 28.5 Å². The number of ether oxygens (including phenoxy) is 1. The van der Waals surface area contributed by atoms with E-state index in [1.54, 1.807) is 57.4 Å². The molecule has 36 heavy (non-hydrogen) atoms. The van der Waals surface area contributed by atoms with Gasteiger partial charge in [0, 0.05) is 17.6 Å². The Morgan fingerprint density at radius 2 is 1.83 bits per heavy atom. The smallest absolute Gasteiger partial charge is 0.244 e. The number of hydrogen-bond acceptors (Lipinski definition) is 5. The van der Waals surface area contributed by atoms with Crippen LogP contribution in [0.5, 0.6) is 5.75 Å². The van der Waals surface area contributed by atoms with Gasteiger partial charge in [0.05, 0.1) is 19.1 Å². The number of rotatable bonds is 10. The summed E-state index contributed by atoms with van der Waals surface area (Å²) < 4.78 is 31.8. The van der Waals surface area contributed by atoms with E-state index in [4.69, 9.17) is 16.3 Å². The van der Waals surface area contributed by atoms with Crippen LogP contribution in [0.1, 0.15) is 43.7 Å². The normalized spacial score (nSPS) is 14.8. The number of amides is 2. The number of nitrogens with one attached hydrogen (secondary N) is 1. The first-order valence-corrected chi connectivity index (χ1v) is 14.2. The minimum atomic E-state index is -3.83. The number of carbonyl (C=O) groups is 2. The molecule has 1 atom stereocenters. The fourth-order valence-corrected chi connectivity index (χ4v) is 5.47. The summed E-state index contributed by atoms with van der Waals surface area (Å²) in [6, 6.07) is 11.4. The predicted molar refractivity (Wildman–Crippen MR) is 142 cm³/mol. The van der Waals surface area contributed by atoms with Crippen molar-refractivity contribution in [1.82, 2.24) is 10.2 Å². The van der Waals surface area contributed by atoms with E-state index in [2.05, 4.69) is 5.32 Å². The fourth-order valence-electron chi connectivity index (χ4n) is 4.40. The van der Waals surface area contributed by atoms with Gasteiger partial charge in [-0.2, -0.15) is 0 Å². The maximum Gasteiger partial charge on any atom is 0.244 e. The highest BCUT2D eigenvalue weighted by molar-refractivity contribution is 7.92. The van der Waals surface area contributed by atoms with Gasteiger partial charge in [0.1, 0.15) is 18.3 Å². The van der Waals surface area contributed by atoms with Crippen LogP contribution in [0.2, 0.25) is 5.02 Å². The van der Waals surface area contributed by atoms with E-state index in [-0.39, 0.29) is 18.5 Å². The first-order valence-electron chi connectivity index (χ1n) is 12.0. The summed E-state index contributed by atoms with van der Waals surface area (Å²) in [5, 5.41) is 3.44. The molecule has 0 heterocycles. The van der Waals surface area contributed by atoms with Crippen molar-refractivity contribution in [3.05, 3.63) is 58.6 Å². The van der Waals surface area contributed by atoms with Crippen molar-refractivity contribution in [2.45, 2.75) is 58.2 Å². The summed E-state index contributed by atoms with van der Waals surface area (Å²) in [7, 11) is -2.27. The van der Waals surface area contributed by atoms with Crippen molar-refractivity contribution in [3.63, 3.8) is 0 Å². The topological polar surface area (TPSA) is 96.0 Å². The Labute approximate surface area is 218 Å². The molecule has 10 heteroatoms. The van der Waals surface area contributed by atoms with Gasteiger partial charge in [-0.3, -0.25) is 13.9 Å². The van der Waals surface area contributed by atoms with Crippen molar-refractivity contribution in [3.8, 4) is 5.75 Å². The highest BCUT2D eigenvalue weighted by atomic mass is 35.5. The van der Waals surface area contributed by atoms with E-state index in [9.17, 15) is 18.0 Å². The maximum absolute atomic E-state index is 13.7. The van der Waals surface area contributed by atoms with Gasteiger partial charge in [-0.25, -0.2) is 8.42 Å². The van der Waals surface area contributed by atoms with Crippen molar-refractivity contribution in [1.29, 1.82) is 0 Å². The van der Waals surface area contributed by atoms with Crippen LogP contribution in [0.3, 0.4) is 0 Å². The molecule has 0 aromatic heterocycles. The molecular formula is C26H34ClN3O5S. The number of carbonyl (C=O) groups excluding carboxylic acids is 2. The molecule has 1 aliphatic carbocycles. The van der Waals surface area contributed by atoms with E-state index in [0.29, 0.717) is 22.0 Å². The minimum absolute atomic E-state index is 0.0929. The van der Waals surface area contributed by atoms with Gasteiger partial charge in [-0.15, -0.1) is 0 Å². The third-order valence-corrected chi connectivity index (χ3v) is 8.08. The van der Waals surface area contributed by atoms with Gasteiger partial charge < -0.3 is 15.0 Å². The molecule has 0 saturated heterocycles. The zero-order valence-corrected chi connectivity index (χ0v) is 22.7. The first kappa shape index (κ1) is 27.8. The molecular weight excluding hydrogens is 502 g/mol. The SMILES string of the molecule is COc1cccc(CN(C(=O)CN(c2cccc(Cl)c2C)S(C)(=O)=O)C(C)C(=O)NC2CCCC2)c1. The Balaban J connectivity index is 1.92. The van der Waals surface area contributed by atoms with Gasteiger partial charge in [0.25, 0.3) is 0 Å². The molecule has 196 valence electrons. The molecule has 1 saturated carbocycles. The van der Waals surface area contributed by atoms with Crippen LogP contribution in [0.15, 0.2) is 42.5 Å². The quantitative estimate of drug-likeness (QED) is 0.498. The molecule has 0 spiro atoms. The van der Waals surface area contributed by atoms with Crippen LogP contribution in [0, 0.1) is 6.92 Å². The lowest BCUT2D eigenvalue weighted by atomic mass is 10.1. The number of sulfonamides is 1. The summed E-state index contributed by atoms with van der Waals surface area (Å²) in [4.78, 5) is 28.2. The number of halogens is 1. The van der Waals surface area contributed by atoms with E-state index in [1.165, 1.54) is 4.90 Å². The second-order valence-electron chi connectivity index (χ2n) is 9.19. The highest BCUT2D eigenvalue weighted by Gasteiger charge is 2.32. The second-order valence-corrected chi connectivity index (χ2v) is 11.5. The molecule has 0 radical (unpaired) electrons. The standard InChI is InChI=1S/C26H34ClN3O5S/c1-18-23(27)13-8-14-24(18)30(36(4,33)34)17-25(31)29(16-20-9-7-12-22(15-20)35-3)19(2)26(32)28-21-10-5-6-11-21/h7-9,12-15,19,21H,5-6,10-11,16-17H2,1-4H3,(H,28,32). The fraction of sp³-hybridized carbons (Fsp3) is 0.462. The molecule has 1 N–H and O–H groups in total. The zero-order valence-electron chi connectivity index (χ0n) is 21.2. The Kier molecular flexibility index (Phi) is 9.24. The average Bonchev–Trinajstić information content (AvgIpc) is 3.35. The third-order valence-electron chi connectivity index (χ3n) is 6.54. The Hall–Kier alpha value is -2.78. The summed E-state index contributed by atoms with van der Waals surface area (Å²) in [5.74, 6) is -0.144. The van der Waals surface area contributed by atoms with Crippen LogP contribution < -0.4 is 14.4 Å². The Bertz CT molecular complexity index is 1200. The molecule has 1 aliphatic rings. The number of nitrogens with zero attached hydrogens (tertiary/aromatic N) is 2. The average molecular weight is 536 g/mol. The van der Waals surface area contributed by atoms with Crippen molar-refractivity contribution < 1.29 is 22.7 Å². The Morgan fingerprint density at radius 3 is 2.47 bits per heavy atom. The molecule has 2 aromatic rings. The first-order chi connectivity index (χ1) is 17.0. The third kappa shape index (κ3) is 6.91. The number of anilines is 1. The van der Waals surface area contributed by atoms with E-state index >= 15 is 0 Å². The van der Waals surface area contributed by atoms with Crippen molar-refractivity contribution in [2.75, 3.05) is 24.2 Å². The van der Waals surface area contributed by atoms with Crippen LogP contribution in [-0.2, 0) is 26.2 Å². The van der Waals surface area contributed by atoms with Gasteiger partial charge in [-0.05, 0) is 62.1 Å². The Morgan fingerprint density at radius 1 is 1.17 bits per heavy atom. The number of benzene rings is 2. The van der Waals surface area contributed by atoms with E-state index in [0.717, 1.165) is 41.8 Å². The van der Waals surface area contributed by atoms with Crippen LogP contribution in [0.4, 0.5) is 5.69 Å². The lowest BCUT2D eigenvalue weighted by Gasteiger charge is -2.32. The number of hydrogen-bond donors (Lipinski definition) is 1. The zero-order chi connectivity index (χ0) is 26.5. The minimum Gasteiger partial charge on any atom is -0.497 e. The van der Waals surface area contributed by atoms with Crippen LogP contribution >= 0.6 is 11.6 Å². The van der Waals surface area contributed by atoms with Gasteiger partial charge in [0.15, 0.2) is 0 Å². The van der Waals surface area contributed by atoms with Gasteiger partial charge in [0.2, 0.25) is 21.8 Å². The molecule has 3 rings (SSSR count). The molecule has 8 nitrogen and oxygen atoms in total. The summed E-state index contributed by atoms with van der Waals surface area (Å²) in [6.07, 6.45) is 5.00. The monoisotopic (exact) mass is 535 g/mol. The lowest BCUT2D eigenvalue weighted by molar-refractivity contribution is -0.139. The van der Waals surface area contributed by atoms with Gasteiger partial charge in [-0.1, -0.05) is 42.6 Å². The predicted octanol–water partition coefficient (Wildman–Crippen LogP) is 3.90. The molecule has 0 bridgehead atoms. The molecule has 0 aliphatic heterocycles. The maximum atomic E-state index is 13.7.